The molecule has 0 aliphatic heterocycles. The molecule has 0 saturated heterocycles. The fourth-order valence-corrected chi connectivity index (χ4v) is 2.29. The molecular weight excluding hydrogens is 260 g/mol. The molecule has 0 bridgehead atoms. The SMILES string of the molecule is CCc1ccccc1CNCc1cccnc1OC(C)C. The Morgan fingerprint density at radius 1 is 1.00 bits per heavy atom. The van der Waals surface area contributed by atoms with Gasteiger partial charge in [0.15, 0.2) is 0 Å². The number of hydrogen-bond acceptors (Lipinski definition) is 3. The highest BCUT2D eigenvalue weighted by Gasteiger charge is 2.06. The topological polar surface area (TPSA) is 34.2 Å². The van der Waals surface area contributed by atoms with E-state index in [-0.39, 0.29) is 6.10 Å². The summed E-state index contributed by atoms with van der Waals surface area (Å²) in [5.41, 5.74) is 3.85. The van der Waals surface area contributed by atoms with Crippen molar-refractivity contribution in [1.29, 1.82) is 0 Å². The van der Waals surface area contributed by atoms with Gasteiger partial charge in [0.1, 0.15) is 0 Å². The predicted octanol–water partition coefficient (Wildman–Crippen LogP) is 3.72. The van der Waals surface area contributed by atoms with Crippen molar-refractivity contribution in [3.63, 3.8) is 0 Å². The number of hydrogen-bond donors (Lipinski definition) is 1. The van der Waals surface area contributed by atoms with Crippen LogP contribution < -0.4 is 10.1 Å². The molecule has 0 radical (unpaired) electrons. The quantitative estimate of drug-likeness (QED) is 0.841. The lowest BCUT2D eigenvalue weighted by molar-refractivity contribution is 0.229. The first-order valence-corrected chi connectivity index (χ1v) is 7.58. The largest absolute Gasteiger partial charge is 0.475 e. The van der Waals surface area contributed by atoms with Crippen LogP contribution in [0.25, 0.3) is 0 Å². The zero-order chi connectivity index (χ0) is 15.1. The molecule has 3 heteroatoms. The Kier molecular flexibility index (Phi) is 5.76. The number of aromatic nitrogens is 1. The van der Waals surface area contributed by atoms with E-state index in [9.17, 15) is 0 Å². The van der Waals surface area contributed by atoms with Gasteiger partial charge in [0, 0.05) is 24.8 Å². The van der Waals surface area contributed by atoms with Crippen LogP contribution >= 0.6 is 0 Å². The van der Waals surface area contributed by atoms with Gasteiger partial charge in [-0.1, -0.05) is 37.3 Å². The van der Waals surface area contributed by atoms with E-state index in [0.29, 0.717) is 0 Å². The number of nitrogens with one attached hydrogen (secondary N) is 1. The Balaban J connectivity index is 1.97. The maximum atomic E-state index is 5.74. The third kappa shape index (κ3) is 4.57. The minimum Gasteiger partial charge on any atom is -0.475 e. The molecule has 1 N–H and O–H groups in total. The van der Waals surface area contributed by atoms with Crippen molar-refractivity contribution in [2.24, 2.45) is 0 Å². The predicted molar refractivity (Wildman–Crippen MR) is 86.4 cm³/mol. The first-order chi connectivity index (χ1) is 10.2. The van der Waals surface area contributed by atoms with Gasteiger partial charge in [-0.3, -0.25) is 0 Å². The zero-order valence-electron chi connectivity index (χ0n) is 13.1. The summed E-state index contributed by atoms with van der Waals surface area (Å²) in [4.78, 5) is 4.32. The van der Waals surface area contributed by atoms with Crippen molar-refractivity contribution in [3.05, 3.63) is 59.3 Å². The fourth-order valence-electron chi connectivity index (χ4n) is 2.29. The molecule has 0 spiro atoms. The summed E-state index contributed by atoms with van der Waals surface area (Å²) in [6.45, 7) is 7.84. The van der Waals surface area contributed by atoms with Crippen LogP contribution in [0.4, 0.5) is 0 Å². The average molecular weight is 284 g/mol. The summed E-state index contributed by atoms with van der Waals surface area (Å²) in [5.74, 6) is 0.726. The second kappa shape index (κ2) is 7.79. The highest BCUT2D eigenvalue weighted by Crippen LogP contribution is 2.16. The summed E-state index contributed by atoms with van der Waals surface area (Å²) in [5, 5.41) is 3.49. The van der Waals surface area contributed by atoms with Crippen molar-refractivity contribution in [2.75, 3.05) is 0 Å². The molecular formula is C18H24N2O. The Labute approximate surface area is 127 Å². The summed E-state index contributed by atoms with van der Waals surface area (Å²) in [7, 11) is 0. The van der Waals surface area contributed by atoms with Crippen LogP contribution in [-0.4, -0.2) is 11.1 Å². The molecule has 3 nitrogen and oxygen atoms in total. The highest BCUT2D eigenvalue weighted by molar-refractivity contribution is 5.28. The lowest BCUT2D eigenvalue weighted by atomic mass is 10.1. The second-order valence-corrected chi connectivity index (χ2v) is 5.36. The summed E-state index contributed by atoms with van der Waals surface area (Å²) < 4.78 is 5.74. The van der Waals surface area contributed by atoms with E-state index >= 15 is 0 Å². The van der Waals surface area contributed by atoms with Gasteiger partial charge in [-0.15, -0.1) is 0 Å². The van der Waals surface area contributed by atoms with Crippen LogP contribution in [0, 0.1) is 0 Å². The summed E-state index contributed by atoms with van der Waals surface area (Å²) in [6.07, 6.45) is 2.97. The monoisotopic (exact) mass is 284 g/mol. The smallest absolute Gasteiger partial charge is 0.218 e. The molecule has 0 unspecified atom stereocenters. The van der Waals surface area contributed by atoms with Crippen LogP contribution in [0.1, 0.15) is 37.5 Å². The number of rotatable bonds is 7. The van der Waals surface area contributed by atoms with Gasteiger partial charge in [-0.2, -0.15) is 0 Å². The standard InChI is InChI=1S/C18H24N2O/c1-4-15-8-5-6-9-16(15)12-19-13-17-10-7-11-20-18(17)21-14(2)3/h5-11,14,19H,4,12-13H2,1-3H3. The van der Waals surface area contributed by atoms with Gasteiger partial charge in [-0.25, -0.2) is 4.98 Å². The van der Waals surface area contributed by atoms with Crippen LogP contribution in [0.15, 0.2) is 42.6 Å². The van der Waals surface area contributed by atoms with Crippen molar-refractivity contribution in [2.45, 2.75) is 46.4 Å². The van der Waals surface area contributed by atoms with Crippen molar-refractivity contribution in [1.82, 2.24) is 10.3 Å². The molecule has 0 fully saturated rings. The Morgan fingerprint density at radius 3 is 2.38 bits per heavy atom. The lowest BCUT2D eigenvalue weighted by Crippen LogP contribution is -2.16. The van der Waals surface area contributed by atoms with Crippen molar-refractivity contribution < 1.29 is 4.74 Å². The molecule has 0 amide bonds. The second-order valence-electron chi connectivity index (χ2n) is 5.36. The minimum atomic E-state index is 0.138. The Bertz CT molecular complexity index is 567. The Hall–Kier alpha value is -1.87. The molecule has 1 aromatic carbocycles. The third-order valence-corrected chi connectivity index (χ3v) is 3.33. The first kappa shape index (κ1) is 15.5. The zero-order valence-corrected chi connectivity index (χ0v) is 13.1. The van der Waals surface area contributed by atoms with Crippen LogP contribution in [0.3, 0.4) is 0 Å². The van der Waals surface area contributed by atoms with Gasteiger partial charge in [-0.05, 0) is 37.5 Å². The van der Waals surface area contributed by atoms with Crippen molar-refractivity contribution >= 4 is 0 Å². The number of benzene rings is 1. The van der Waals surface area contributed by atoms with Gasteiger partial charge >= 0.3 is 0 Å². The minimum absolute atomic E-state index is 0.138. The van der Waals surface area contributed by atoms with Gasteiger partial charge in [0.05, 0.1) is 6.10 Å². The lowest BCUT2D eigenvalue weighted by Gasteiger charge is -2.14. The van der Waals surface area contributed by atoms with E-state index < -0.39 is 0 Å². The number of aryl methyl sites for hydroxylation is 1. The molecule has 2 rings (SSSR count). The van der Waals surface area contributed by atoms with Gasteiger partial charge < -0.3 is 10.1 Å². The molecule has 0 aliphatic carbocycles. The normalized spacial score (nSPS) is 10.9. The molecule has 112 valence electrons. The molecule has 0 saturated carbocycles. The molecule has 2 aromatic rings. The Morgan fingerprint density at radius 2 is 1.67 bits per heavy atom. The maximum Gasteiger partial charge on any atom is 0.218 e. The number of nitrogens with zero attached hydrogens (tertiary/aromatic N) is 1. The van der Waals surface area contributed by atoms with E-state index in [1.807, 2.05) is 19.9 Å². The van der Waals surface area contributed by atoms with E-state index in [0.717, 1.165) is 31.0 Å². The van der Waals surface area contributed by atoms with E-state index in [1.54, 1.807) is 6.20 Å². The van der Waals surface area contributed by atoms with Crippen LogP contribution in [0.2, 0.25) is 0 Å². The van der Waals surface area contributed by atoms with Gasteiger partial charge in [0.25, 0.3) is 0 Å². The van der Waals surface area contributed by atoms with Crippen molar-refractivity contribution in [3.8, 4) is 5.88 Å². The maximum absolute atomic E-state index is 5.74. The molecule has 21 heavy (non-hydrogen) atoms. The van der Waals surface area contributed by atoms with E-state index in [1.165, 1.54) is 11.1 Å². The molecule has 1 heterocycles. The summed E-state index contributed by atoms with van der Waals surface area (Å²) >= 11 is 0. The van der Waals surface area contributed by atoms with Gasteiger partial charge in [0.2, 0.25) is 5.88 Å². The average Bonchev–Trinajstić information content (AvgIpc) is 2.49. The van der Waals surface area contributed by atoms with Crippen LogP contribution in [-0.2, 0) is 19.5 Å². The molecule has 0 atom stereocenters. The third-order valence-electron chi connectivity index (χ3n) is 3.33. The van der Waals surface area contributed by atoms with E-state index in [4.69, 9.17) is 4.74 Å². The number of pyridine rings is 1. The highest BCUT2D eigenvalue weighted by atomic mass is 16.5. The first-order valence-electron chi connectivity index (χ1n) is 7.58. The summed E-state index contributed by atoms with van der Waals surface area (Å²) in [6, 6.07) is 12.6. The van der Waals surface area contributed by atoms with E-state index in [2.05, 4.69) is 47.6 Å². The fraction of sp³-hybridized carbons (Fsp3) is 0.389. The molecule has 1 aromatic heterocycles. The molecule has 0 aliphatic rings. The number of ether oxygens (including phenoxy) is 1. The van der Waals surface area contributed by atoms with Crippen LogP contribution in [0.5, 0.6) is 5.88 Å².